The van der Waals surface area contributed by atoms with Gasteiger partial charge in [-0.05, 0) is 49.5 Å². The van der Waals surface area contributed by atoms with Crippen LogP contribution >= 0.6 is 0 Å². The van der Waals surface area contributed by atoms with E-state index in [-0.39, 0.29) is 0 Å². The van der Waals surface area contributed by atoms with Gasteiger partial charge in [-0.2, -0.15) is 0 Å². The van der Waals surface area contributed by atoms with Gasteiger partial charge < -0.3 is 19.9 Å². The molecule has 0 amide bonds. The summed E-state index contributed by atoms with van der Waals surface area (Å²) in [7, 11) is 3.77. The van der Waals surface area contributed by atoms with Crippen molar-refractivity contribution >= 4 is 17.3 Å². The second kappa shape index (κ2) is 8.22. The standard InChI is InChI=1S/C21H24N6O/c1-26-12-14-27(15-13-26)17-7-5-16(6-8-17)24-21-23-11-9-19(25-21)18-4-3-10-22-20(18)28-2/h3-11H,12-15H2,1-2H3,(H,23,24,25). The predicted octanol–water partition coefficient (Wildman–Crippen LogP) is 3.04. The van der Waals surface area contributed by atoms with Crippen LogP contribution in [0.15, 0.2) is 54.9 Å². The van der Waals surface area contributed by atoms with E-state index in [0.29, 0.717) is 11.8 Å². The molecule has 144 valence electrons. The lowest BCUT2D eigenvalue weighted by atomic mass is 10.2. The van der Waals surface area contributed by atoms with Crippen molar-refractivity contribution < 1.29 is 4.74 Å². The molecule has 0 atom stereocenters. The summed E-state index contributed by atoms with van der Waals surface area (Å²) in [5.74, 6) is 1.08. The largest absolute Gasteiger partial charge is 0.481 e. The quantitative estimate of drug-likeness (QED) is 0.734. The van der Waals surface area contributed by atoms with Crippen LogP contribution in [0.3, 0.4) is 0 Å². The third kappa shape index (κ3) is 4.04. The van der Waals surface area contributed by atoms with Crippen LogP contribution in [0.4, 0.5) is 17.3 Å². The molecule has 0 spiro atoms. The molecule has 0 radical (unpaired) electrons. The summed E-state index contributed by atoms with van der Waals surface area (Å²) in [5, 5.41) is 3.28. The Hall–Kier alpha value is -3.19. The van der Waals surface area contributed by atoms with Gasteiger partial charge in [0.25, 0.3) is 0 Å². The minimum atomic E-state index is 0.538. The highest BCUT2D eigenvalue weighted by Crippen LogP contribution is 2.27. The van der Waals surface area contributed by atoms with Crippen molar-refractivity contribution in [3.63, 3.8) is 0 Å². The number of likely N-dealkylation sites (N-methyl/N-ethyl adjacent to an activating group) is 1. The molecule has 28 heavy (non-hydrogen) atoms. The second-order valence-electron chi connectivity index (χ2n) is 6.79. The Morgan fingerprint density at radius 1 is 0.929 bits per heavy atom. The van der Waals surface area contributed by atoms with Gasteiger partial charge in [-0.3, -0.25) is 0 Å². The van der Waals surface area contributed by atoms with E-state index in [4.69, 9.17) is 4.74 Å². The van der Waals surface area contributed by atoms with Crippen molar-refractivity contribution in [1.82, 2.24) is 19.9 Å². The number of aromatic nitrogens is 3. The van der Waals surface area contributed by atoms with Gasteiger partial charge in [0, 0.05) is 49.9 Å². The van der Waals surface area contributed by atoms with Crippen LogP contribution in [0, 0.1) is 0 Å². The Bertz CT molecular complexity index is 922. The van der Waals surface area contributed by atoms with Crippen molar-refractivity contribution in [3.8, 4) is 17.1 Å². The fraction of sp³-hybridized carbons (Fsp3) is 0.286. The lowest BCUT2D eigenvalue weighted by molar-refractivity contribution is 0.313. The van der Waals surface area contributed by atoms with Crippen LogP contribution < -0.4 is 15.0 Å². The summed E-state index contributed by atoms with van der Waals surface area (Å²) in [4.78, 5) is 17.9. The minimum absolute atomic E-state index is 0.538. The number of piperazine rings is 1. The van der Waals surface area contributed by atoms with Gasteiger partial charge in [0.1, 0.15) is 0 Å². The number of methoxy groups -OCH3 is 1. The van der Waals surface area contributed by atoms with Gasteiger partial charge in [-0.15, -0.1) is 0 Å². The van der Waals surface area contributed by atoms with E-state index >= 15 is 0 Å². The fourth-order valence-corrected chi connectivity index (χ4v) is 3.27. The number of nitrogens with one attached hydrogen (secondary N) is 1. The van der Waals surface area contributed by atoms with E-state index in [9.17, 15) is 0 Å². The van der Waals surface area contributed by atoms with Crippen LogP contribution in [0.1, 0.15) is 0 Å². The molecular weight excluding hydrogens is 352 g/mol. The van der Waals surface area contributed by atoms with Crippen LogP contribution in [-0.4, -0.2) is 60.2 Å². The maximum Gasteiger partial charge on any atom is 0.227 e. The van der Waals surface area contributed by atoms with Gasteiger partial charge in [0.05, 0.1) is 18.4 Å². The predicted molar refractivity (Wildman–Crippen MR) is 111 cm³/mol. The number of anilines is 3. The van der Waals surface area contributed by atoms with E-state index in [0.717, 1.165) is 43.1 Å². The van der Waals surface area contributed by atoms with E-state index in [1.807, 2.05) is 18.2 Å². The average molecular weight is 376 g/mol. The third-order valence-corrected chi connectivity index (χ3v) is 4.89. The molecule has 3 aromatic rings. The highest BCUT2D eigenvalue weighted by molar-refractivity contribution is 5.66. The summed E-state index contributed by atoms with van der Waals surface area (Å²) in [6, 6.07) is 14.1. The average Bonchev–Trinajstić information content (AvgIpc) is 2.75. The number of hydrogen-bond acceptors (Lipinski definition) is 7. The van der Waals surface area contributed by atoms with E-state index < -0.39 is 0 Å². The summed E-state index contributed by atoms with van der Waals surface area (Å²) < 4.78 is 5.34. The highest BCUT2D eigenvalue weighted by Gasteiger charge is 2.14. The molecule has 0 aliphatic carbocycles. The van der Waals surface area contributed by atoms with Crippen molar-refractivity contribution in [2.75, 3.05) is 50.6 Å². The molecule has 3 heterocycles. The Kier molecular flexibility index (Phi) is 5.34. The molecule has 7 nitrogen and oxygen atoms in total. The maximum atomic E-state index is 5.34. The fourth-order valence-electron chi connectivity index (χ4n) is 3.27. The first-order valence-electron chi connectivity index (χ1n) is 9.36. The van der Waals surface area contributed by atoms with E-state index in [2.05, 4.69) is 61.4 Å². The first-order chi connectivity index (χ1) is 13.7. The molecular formula is C21H24N6O. The summed E-state index contributed by atoms with van der Waals surface area (Å²) >= 11 is 0. The third-order valence-electron chi connectivity index (χ3n) is 4.89. The summed E-state index contributed by atoms with van der Waals surface area (Å²) in [5.41, 5.74) is 3.79. The van der Waals surface area contributed by atoms with Crippen molar-refractivity contribution in [2.45, 2.75) is 0 Å². The molecule has 1 aromatic carbocycles. The molecule has 0 saturated carbocycles. The normalized spacial score (nSPS) is 14.7. The summed E-state index contributed by atoms with van der Waals surface area (Å²) in [6.45, 7) is 4.31. The monoisotopic (exact) mass is 376 g/mol. The van der Waals surface area contributed by atoms with Crippen molar-refractivity contribution in [1.29, 1.82) is 0 Å². The molecule has 1 aliphatic heterocycles. The molecule has 0 unspecified atom stereocenters. The second-order valence-corrected chi connectivity index (χ2v) is 6.79. The lowest BCUT2D eigenvalue weighted by Gasteiger charge is -2.34. The van der Waals surface area contributed by atoms with Crippen LogP contribution in [-0.2, 0) is 0 Å². The number of ether oxygens (including phenoxy) is 1. The molecule has 7 heteroatoms. The molecule has 1 N–H and O–H groups in total. The zero-order valence-electron chi connectivity index (χ0n) is 16.2. The van der Waals surface area contributed by atoms with Crippen LogP contribution in [0.25, 0.3) is 11.3 Å². The highest BCUT2D eigenvalue weighted by atomic mass is 16.5. The maximum absolute atomic E-state index is 5.34. The number of pyridine rings is 1. The zero-order chi connectivity index (χ0) is 19.3. The molecule has 0 bridgehead atoms. The Morgan fingerprint density at radius 2 is 1.71 bits per heavy atom. The number of hydrogen-bond donors (Lipinski definition) is 1. The smallest absolute Gasteiger partial charge is 0.227 e. The topological polar surface area (TPSA) is 66.4 Å². The van der Waals surface area contributed by atoms with E-state index in [1.165, 1.54) is 5.69 Å². The van der Waals surface area contributed by atoms with Gasteiger partial charge in [0.2, 0.25) is 11.8 Å². The molecule has 2 aromatic heterocycles. The number of rotatable bonds is 5. The first-order valence-corrected chi connectivity index (χ1v) is 9.36. The molecule has 4 rings (SSSR count). The van der Waals surface area contributed by atoms with Gasteiger partial charge in [-0.1, -0.05) is 0 Å². The minimum Gasteiger partial charge on any atom is -0.481 e. The van der Waals surface area contributed by atoms with Crippen molar-refractivity contribution in [2.24, 2.45) is 0 Å². The lowest BCUT2D eigenvalue weighted by Crippen LogP contribution is -2.44. The van der Waals surface area contributed by atoms with Gasteiger partial charge in [0.15, 0.2) is 0 Å². The van der Waals surface area contributed by atoms with Gasteiger partial charge in [-0.25, -0.2) is 15.0 Å². The van der Waals surface area contributed by atoms with Crippen LogP contribution in [0.5, 0.6) is 5.88 Å². The summed E-state index contributed by atoms with van der Waals surface area (Å²) in [6.07, 6.45) is 3.43. The Labute approximate surface area is 165 Å². The molecule has 1 saturated heterocycles. The Balaban J connectivity index is 1.49. The Morgan fingerprint density at radius 3 is 2.46 bits per heavy atom. The van der Waals surface area contributed by atoms with Gasteiger partial charge >= 0.3 is 0 Å². The number of benzene rings is 1. The SMILES string of the molecule is COc1ncccc1-c1ccnc(Nc2ccc(N3CCN(C)CC3)cc2)n1. The van der Waals surface area contributed by atoms with Crippen molar-refractivity contribution in [3.05, 3.63) is 54.9 Å². The zero-order valence-corrected chi connectivity index (χ0v) is 16.2. The molecule has 1 fully saturated rings. The van der Waals surface area contributed by atoms with E-state index in [1.54, 1.807) is 19.5 Å². The molecule has 1 aliphatic rings. The first kappa shape index (κ1) is 18.2. The van der Waals surface area contributed by atoms with Crippen LogP contribution in [0.2, 0.25) is 0 Å². The number of nitrogens with zero attached hydrogens (tertiary/aromatic N) is 5.